The van der Waals surface area contributed by atoms with Crippen molar-refractivity contribution in [2.75, 3.05) is 25.0 Å². The molecule has 1 aromatic carbocycles. The molecule has 1 aliphatic heterocycles. The molecule has 1 N–H and O–H groups in total. The van der Waals surface area contributed by atoms with Crippen LogP contribution in [-0.4, -0.2) is 26.1 Å². The third-order valence-electron chi connectivity index (χ3n) is 5.31. The summed E-state index contributed by atoms with van der Waals surface area (Å²) in [5.74, 6) is 3.94. The summed E-state index contributed by atoms with van der Waals surface area (Å²) in [5.41, 5.74) is 2.78. The number of nitrogens with one attached hydrogen (secondary N) is 1. The van der Waals surface area contributed by atoms with E-state index in [4.69, 9.17) is 0 Å². The fraction of sp³-hybridized carbons (Fsp3) is 0.611. The normalized spacial score (nSPS) is 20.8. The van der Waals surface area contributed by atoms with Crippen LogP contribution in [0.4, 0.5) is 5.69 Å². The standard InChI is InChI=1S/C18H25N3.HI/c1-19-18(20-12-16(13-6-7-13)14-8-9-14)21-11-10-15-4-2-3-5-17(15)21;/h2-5,13-14,16H,6-12H2,1H3,(H,19,20);1H. The molecule has 1 aromatic rings. The van der Waals surface area contributed by atoms with Crippen LogP contribution < -0.4 is 10.2 Å². The van der Waals surface area contributed by atoms with Crippen molar-refractivity contribution in [3.63, 3.8) is 0 Å². The molecule has 0 saturated heterocycles. The first-order chi connectivity index (χ1) is 10.4. The Kier molecular flexibility index (Phi) is 4.95. The highest BCUT2D eigenvalue weighted by Crippen LogP contribution is 2.48. The molecule has 0 unspecified atom stereocenters. The van der Waals surface area contributed by atoms with Crippen LogP contribution in [0.25, 0.3) is 0 Å². The Labute approximate surface area is 150 Å². The molecule has 0 bridgehead atoms. The number of aliphatic imine (C=N–C) groups is 1. The number of guanidine groups is 1. The first-order valence-electron chi connectivity index (χ1n) is 8.43. The number of hydrogen-bond acceptors (Lipinski definition) is 1. The Morgan fingerprint density at radius 3 is 2.55 bits per heavy atom. The van der Waals surface area contributed by atoms with Gasteiger partial charge in [0.15, 0.2) is 5.96 Å². The second-order valence-electron chi connectivity index (χ2n) is 6.80. The SMILES string of the molecule is CN=C(NCC(C1CC1)C1CC1)N1CCc2ccccc21.I. The molecular formula is C18H26IN3. The molecule has 2 aliphatic carbocycles. The number of para-hydroxylation sites is 1. The summed E-state index contributed by atoms with van der Waals surface area (Å²) in [4.78, 5) is 6.89. The Morgan fingerprint density at radius 1 is 1.23 bits per heavy atom. The van der Waals surface area contributed by atoms with Crippen molar-refractivity contribution in [3.8, 4) is 0 Å². The van der Waals surface area contributed by atoms with E-state index < -0.39 is 0 Å². The van der Waals surface area contributed by atoms with Crippen molar-refractivity contribution < 1.29 is 0 Å². The summed E-state index contributed by atoms with van der Waals surface area (Å²) in [6, 6.07) is 8.71. The molecule has 0 atom stereocenters. The lowest BCUT2D eigenvalue weighted by Gasteiger charge is -2.25. The fourth-order valence-electron chi connectivity index (χ4n) is 3.83. The predicted molar refractivity (Wildman–Crippen MR) is 103 cm³/mol. The molecule has 3 aliphatic rings. The quantitative estimate of drug-likeness (QED) is 0.465. The Morgan fingerprint density at radius 2 is 1.91 bits per heavy atom. The van der Waals surface area contributed by atoms with Gasteiger partial charge in [0.05, 0.1) is 0 Å². The molecule has 4 rings (SSSR count). The van der Waals surface area contributed by atoms with Gasteiger partial charge in [-0.2, -0.15) is 0 Å². The largest absolute Gasteiger partial charge is 0.356 e. The highest BCUT2D eigenvalue weighted by Gasteiger charge is 2.41. The number of rotatable bonds is 4. The van der Waals surface area contributed by atoms with Crippen molar-refractivity contribution >= 4 is 35.6 Å². The summed E-state index contributed by atoms with van der Waals surface area (Å²) in [6.45, 7) is 2.16. The fourth-order valence-corrected chi connectivity index (χ4v) is 3.83. The number of nitrogens with zero attached hydrogens (tertiary/aromatic N) is 2. The van der Waals surface area contributed by atoms with Gasteiger partial charge in [0.1, 0.15) is 0 Å². The van der Waals surface area contributed by atoms with Crippen molar-refractivity contribution in [1.29, 1.82) is 0 Å². The van der Waals surface area contributed by atoms with Crippen molar-refractivity contribution in [2.45, 2.75) is 32.1 Å². The van der Waals surface area contributed by atoms with E-state index in [0.29, 0.717) is 0 Å². The lowest BCUT2D eigenvalue weighted by molar-refractivity contribution is 0.401. The number of hydrogen-bond donors (Lipinski definition) is 1. The van der Waals surface area contributed by atoms with E-state index in [-0.39, 0.29) is 24.0 Å². The summed E-state index contributed by atoms with van der Waals surface area (Å²) in [7, 11) is 1.91. The minimum absolute atomic E-state index is 0. The molecule has 0 radical (unpaired) electrons. The zero-order valence-electron chi connectivity index (χ0n) is 13.3. The van der Waals surface area contributed by atoms with E-state index in [9.17, 15) is 0 Å². The van der Waals surface area contributed by atoms with Gasteiger partial charge in [0.25, 0.3) is 0 Å². The summed E-state index contributed by atoms with van der Waals surface area (Å²) >= 11 is 0. The molecule has 3 nitrogen and oxygen atoms in total. The van der Waals surface area contributed by atoms with Crippen molar-refractivity contribution in [2.24, 2.45) is 22.7 Å². The van der Waals surface area contributed by atoms with Gasteiger partial charge in [-0.15, -0.1) is 24.0 Å². The minimum Gasteiger partial charge on any atom is -0.356 e. The number of fused-ring (bicyclic) bond motifs is 1. The first-order valence-corrected chi connectivity index (χ1v) is 8.43. The topological polar surface area (TPSA) is 27.6 Å². The highest BCUT2D eigenvalue weighted by molar-refractivity contribution is 14.0. The van der Waals surface area contributed by atoms with Crippen LogP contribution in [-0.2, 0) is 6.42 Å². The average molecular weight is 411 g/mol. The van der Waals surface area contributed by atoms with E-state index in [1.807, 2.05) is 7.05 Å². The van der Waals surface area contributed by atoms with Crippen LogP contribution in [0.15, 0.2) is 29.3 Å². The molecule has 120 valence electrons. The summed E-state index contributed by atoms with van der Waals surface area (Å²) in [6.07, 6.45) is 6.94. The van der Waals surface area contributed by atoms with Gasteiger partial charge in [0, 0.05) is 25.8 Å². The van der Waals surface area contributed by atoms with E-state index in [1.165, 1.54) is 36.9 Å². The molecule has 4 heteroatoms. The van der Waals surface area contributed by atoms with Gasteiger partial charge < -0.3 is 10.2 Å². The second-order valence-corrected chi connectivity index (χ2v) is 6.80. The molecule has 0 spiro atoms. The van der Waals surface area contributed by atoms with Gasteiger partial charge in [0.2, 0.25) is 0 Å². The second kappa shape index (κ2) is 6.77. The lowest BCUT2D eigenvalue weighted by atomic mass is 9.98. The molecule has 2 saturated carbocycles. The smallest absolute Gasteiger partial charge is 0.198 e. The number of halogens is 1. The van der Waals surface area contributed by atoms with Gasteiger partial charge in [-0.25, -0.2) is 0 Å². The number of anilines is 1. The summed E-state index contributed by atoms with van der Waals surface area (Å²) < 4.78 is 0. The van der Waals surface area contributed by atoms with Crippen LogP contribution in [0, 0.1) is 17.8 Å². The molecule has 1 heterocycles. The van der Waals surface area contributed by atoms with Gasteiger partial charge in [-0.1, -0.05) is 18.2 Å². The predicted octanol–water partition coefficient (Wildman–Crippen LogP) is 3.68. The Bertz CT molecular complexity index is 537. The molecule has 0 amide bonds. The van der Waals surface area contributed by atoms with Crippen LogP contribution in [0.5, 0.6) is 0 Å². The van der Waals surface area contributed by atoms with E-state index >= 15 is 0 Å². The lowest BCUT2D eigenvalue weighted by Crippen LogP contribution is -2.43. The highest BCUT2D eigenvalue weighted by atomic mass is 127. The van der Waals surface area contributed by atoms with E-state index in [2.05, 4.69) is 39.5 Å². The van der Waals surface area contributed by atoms with Crippen LogP contribution >= 0.6 is 24.0 Å². The van der Waals surface area contributed by atoms with E-state index in [0.717, 1.165) is 43.2 Å². The van der Waals surface area contributed by atoms with Crippen LogP contribution in [0.1, 0.15) is 31.2 Å². The zero-order chi connectivity index (χ0) is 14.2. The Balaban J connectivity index is 0.00000144. The number of benzene rings is 1. The molecular weight excluding hydrogens is 385 g/mol. The zero-order valence-corrected chi connectivity index (χ0v) is 15.6. The van der Waals surface area contributed by atoms with Gasteiger partial charge in [-0.05, 0) is 61.5 Å². The maximum absolute atomic E-state index is 4.53. The van der Waals surface area contributed by atoms with Crippen molar-refractivity contribution in [3.05, 3.63) is 29.8 Å². The molecule has 0 aromatic heterocycles. The average Bonchev–Trinajstić information content (AvgIpc) is 3.43. The molecule has 2 fully saturated rings. The van der Waals surface area contributed by atoms with Crippen molar-refractivity contribution in [1.82, 2.24) is 5.32 Å². The van der Waals surface area contributed by atoms with Gasteiger partial charge >= 0.3 is 0 Å². The minimum atomic E-state index is 0. The van der Waals surface area contributed by atoms with Crippen LogP contribution in [0.3, 0.4) is 0 Å². The third kappa shape index (κ3) is 3.26. The maximum Gasteiger partial charge on any atom is 0.198 e. The third-order valence-corrected chi connectivity index (χ3v) is 5.31. The monoisotopic (exact) mass is 411 g/mol. The molecule has 22 heavy (non-hydrogen) atoms. The Hall–Kier alpha value is -0.780. The first kappa shape index (κ1) is 16.1. The summed E-state index contributed by atoms with van der Waals surface area (Å²) in [5, 5.41) is 3.67. The van der Waals surface area contributed by atoms with E-state index in [1.54, 1.807) is 0 Å². The maximum atomic E-state index is 4.53. The van der Waals surface area contributed by atoms with Crippen LogP contribution in [0.2, 0.25) is 0 Å². The van der Waals surface area contributed by atoms with Gasteiger partial charge in [-0.3, -0.25) is 4.99 Å².